The van der Waals surface area contributed by atoms with Gasteiger partial charge in [0.05, 0.1) is 13.2 Å². The SMILES string of the molecule is CCOC(=O)C(=CCC[C@H]1CCNC1=O)NC(=O)N[C@@H](CC(C)C)C(=O)OCC. The minimum Gasteiger partial charge on any atom is -0.464 e. The summed E-state index contributed by atoms with van der Waals surface area (Å²) in [5, 5.41) is 7.79. The zero-order valence-electron chi connectivity index (χ0n) is 17.7. The van der Waals surface area contributed by atoms with E-state index in [9.17, 15) is 19.2 Å². The first-order valence-corrected chi connectivity index (χ1v) is 10.2. The lowest BCUT2D eigenvalue weighted by molar-refractivity contribution is -0.145. The van der Waals surface area contributed by atoms with E-state index in [2.05, 4.69) is 16.0 Å². The molecule has 1 heterocycles. The molecular formula is C20H33N3O6. The summed E-state index contributed by atoms with van der Waals surface area (Å²) in [6, 6.07) is -1.51. The number of carbonyl (C=O) groups is 4. The van der Waals surface area contributed by atoms with Crippen LogP contribution in [0.15, 0.2) is 11.8 Å². The Bertz CT molecular complexity index is 617. The fourth-order valence-electron chi connectivity index (χ4n) is 2.99. The van der Waals surface area contributed by atoms with Crippen molar-refractivity contribution in [3.63, 3.8) is 0 Å². The highest BCUT2D eigenvalue weighted by Crippen LogP contribution is 2.16. The van der Waals surface area contributed by atoms with Gasteiger partial charge in [-0.15, -0.1) is 0 Å². The van der Waals surface area contributed by atoms with Gasteiger partial charge in [-0.3, -0.25) is 4.79 Å². The Labute approximate surface area is 172 Å². The highest BCUT2D eigenvalue weighted by atomic mass is 16.5. The predicted octanol–water partition coefficient (Wildman–Crippen LogP) is 1.63. The Morgan fingerprint density at radius 2 is 1.90 bits per heavy atom. The summed E-state index contributed by atoms with van der Waals surface area (Å²) in [6.07, 6.45) is 3.70. The van der Waals surface area contributed by atoms with Gasteiger partial charge in [0.15, 0.2) is 0 Å². The van der Waals surface area contributed by atoms with Gasteiger partial charge in [0.25, 0.3) is 0 Å². The molecule has 3 amide bonds. The van der Waals surface area contributed by atoms with Crippen molar-refractivity contribution < 1.29 is 28.7 Å². The molecule has 0 bridgehead atoms. The largest absolute Gasteiger partial charge is 0.464 e. The zero-order valence-corrected chi connectivity index (χ0v) is 17.7. The fraction of sp³-hybridized carbons (Fsp3) is 0.700. The van der Waals surface area contributed by atoms with Gasteiger partial charge >= 0.3 is 18.0 Å². The number of esters is 2. The Balaban J connectivity index is 2.75. The lowest BCUT2D eigenvalue weighted by Gasteiger charge is -2.19. The second-order valence-corrected chi connectivity index (χ2v) is 7.22. The lowest BCUT2D eigenvalue weighted by atomic mass is 10.0. The molecule has 0 aromatic heterocycles. The molecule has 9 heteroatoms. The molecule has 1 fully saturated rings. The third-order valence-electron chi connectivity index (χ3n) is 4.35. The molecule has 2 atom stereocenters. The van der Waals surface area contributed by atoms with E-state index in [1.165, 1.54) is 0 Å². The molecule has 9 nitrogen and oxygen atoms in total. The number of carbonyl (C=O) groups excluding carboxylic acids is 4. The summed E-state index contributed by atoms with van der Waals surface area (Å²) < 4.78 is 9.99. The van der Waals surface area contributed by atoms with Crippen molar-refractivity contribution in [3.8, 4) is 0 Å². The average molecular weight is 411 g/mol. The van der Waals surface area contributed by atoms with Gasteiger partial charge in [-0.05, 0) is 45.4 Å². The van der Waals surface area contributed by atoms with E-state index >= 15 is 0 Å². The zero-order chi connectivity index (χ0) is 21.8. The van der Waals surface area contributed by atoms with Crippen LogP contribution in [-0.2, 0) is 23.9 Å². The van der Waals surface area contributed by atoms with E-state index in [1.807, 2.05) is 13.8 Å². The average Bonchev–Trinajstić information content (AvgIpc) is 3.05. The number of amides is 3. The van der Waals surface area contributed by atoms with Crippen molar-refractivity contribution in [1.82, 2.24) is 16.0 Å². The van der Waals surface area contributed by atoms with Crippen LogP contribution in [0.1, 0.15) is 53.4 Å². The summed E-state index contributed by atoms with van der Waals surface area (Å²) in [6.45, 7) is 8.23. The van der Waals surface area contributed by atoms with Crippen LogP contribution in [-0.4, -0.2) is 49.7 Å². The topological polar surface area (TPSA) is 123 Å². The van der Waals surface area contributed by atoms with Crippen molar-refractivity contribution >= 4 is 23.9 Å². The molecule has 0 aliphatic carbocycles. The highest BCUT2D eigenvalue weighted by molar-refractivity contribution is 5.94. The Kier molecular flexibility index (Phi) is 10.8. The van der Waals surface area contributed by atoms with Crippen LogP contribution < -0.4 is 16.0 Å². The molecule has 0 aromatic rings. The van der Waals surface area contributed by atoms with Gasteiger partial charge < -0.3 is 25.4 Å². The van der Waals surface area contributed by atoms with Crippen molar-refractivity contribution in [2.24, 2.45) is 11.8 Å². The summed E-state index contributed by atoms with van der Waals surface area (Å²) in [5.74, 6) is -1.13. The maximum Gasteiger partial charge on any atom is 0.354 e. The quantitative estimate of drug-likeness (QED) is 0.351. The maximum absolute atomic E-state index is 12.4. The van der Waals surface area contributed by atoms with Crippen LogP contribution in [0.5, 0.6) is 0 Å². The second-order valence-electron chi connectivity index (χ2n) is 7.22. The van der Waals surface area contributed by atoms with Crippen molar-refractivity contribution in [2.75, 3.05) is 19.8 Å². The number of nitrogens with one attached hydrogen (secondary N) is 3. The minimum atomic E-state index is -0.819. The van der Waals surface area contributed by atoms with Crippen molar-refractivity contribution in [3.05, 3.63) is 11.8 Å². The van der Waals surface area contributed by atoms with Gasteiger partial charge in [0.2, 0.25) is 5.91 Å². The van der Waals surface area contributed by atoms with Crippen LogP contribution in [0.2, 0.25) is 0 Å². The normalized spacial score (nSPS) is 17.5. The van der Waals surface area contributed by atoms with E-state index in [0.29, 0.717) is 25.8 Å². The van der Waals surface area contributed by atoms with Crippen LogP contribution in [0, 0.1) is 11.8 Å². The van der Waals surface area contributed by atoms with Gasteiger partial charge in [0.1, 0.15) is 11.7 Å². The van der Waals surface area contributed by atoms with Crippen molar-refractivity contribution in [2.45, 2.75) is 59.4 Å². The lowest BCUT2D eigenvalue weighted by Crippen LogP contribution is -2.47. The Hall–Kier alpha value is -2.58. The van der Waals surface area contributed by atoms with Gasteiger partial charge in [-0.2, -0.15) is 0 Å². The van der Waals surface area contributed by atoms with Crippen LogP contribution >= 0.6 is 0 Å². The van der Waals surface area contributed by atoms with Crippen LogP contribution in [0.4, 0.5) is 4.79 Å². The molecule has 1 aliphatic rings. The van der Waals surface area contributed by atoms with E-state index in [0.717, 1.165) is 6.42 Å². The minimum absolute atomic E-state index is 0.00718. The second kappa shape index (κ2) is 12.8. The standard InChI is InChI=1S/C20H33N3O6/c1-5-28-18(25)15(9-7-8-14-10-11-21-17(14)24)22-20(27)23-16(12-13(3)4)19(26)29-6-2/h9,13-14,16H,5-8,10-12H2,1-4H3,(H,21,24)(H2,22,23,27)/t14-,16-/m0/s1. The molecule has 1 aliphatic heterocycles. The highest BCUT2D eigenvalue weighted by Gasteiger charge is 2.25. The molecule has 0 unspecified atom stereocenters. The van der Waals surface area contributed by atoms with E-state index in [4.69, 9.17) is 9.47 Å². The monoisotopic (exact) mass is 411 g/mol. The van der Waals surface area contributed by atoms with E-state index in [1.54, 1.807) is 19.9 Å². The Morgan fingerprint density at radius 3 is 2.45 bits per heavy atom. The summed E-state index contributed by atoms with van der Waals surface area (Å²) in [5.41, 5.74) is -0.0186. The smallest absolute Gasteiger partial charge is 0.354 e. The number of hydrogen-bond donors (Lipinski definition) is 3. The Morgan fingerprint density at radius 1 is 1.21 bits per heavy atom. The first kappa shape index (κ1) is 24.5. The van der Waals surface area contributed by atoms with E-state index in [-0.39, 0.29) is 36.7 Å². The molecule has 164 valence electrons. The molecular weight excluding hydrogens is 378 g/mol. The number of hydrogen-bond acceptors (Lipinski definition) is 6. The third-order valence-corrected chi connectivity index (χ3v) is 4.35. The number of ether oxygens (including phenoxy) is 2. The molecule has 0 aromatic carbocycles. The van der Waals surface area contributed by atoms with Gasteiger partial charge in [0, 0.05) is 12.5 Å². The summed E-state index contributed by atoms with van der Waals surface area (Å²) in [7, 11) is 0. The molecule has 0 saturated carbocycles. The number of allylic oxidation sites excluding steroid dienone is 1. The molecule has 0 radical (unpaired) electrons. The molecule has 29 heavy (non-hydrogen) atoms. The first-order valence-electron chi connectivity index (χ1n) is 10.2. The van der Waals surface area contributed by atoms with Crippen molar-refractivity contribution in [1.29, 1.82) is 0 Å². The van der Waals surface area contributed by atoms with Crippen LogP contribution in [0.3, 0.4) is 0 Å². The molecule has 3 N–H and O–H groups in total. The maximum atomic E-state index is 12.4. The number of rotatable bonds is 11. The molecule has 1 saturated heterocycles. The third kappa shape index (κ3) is 8.97. The molecule has 0 spiro atoms. The van der Waals surface area contributed by atoms with Gasteiger partial charge in [-0.1, -0.05) is 19.9 Å². The fourth-order valence-corrected chi connectivity index (χ4v) is 2.99. The summed E-state index contributed by atoms with van der Waals surface area (Å²) >= 11 is 0. The summed E-state index contributed by atoms with van der Waals surface area (Å²) in [4.78, 5) is 48.3. The van der Waals surface area contributed by atoms with E-state index < -0.39 is 24.0 Å². The first-order chi connectivity index (χ1) is 13.8. The number of urea groups is 1. The van der Waals surface area contributed by atoms with Gasteiger partial charge in [-0.25, -0.2) is 14.4 Å². The molecule has 1 rings (SSSR count). The predicted molar refractivity (Wildman–Crippen MR) is 107 cm³/mol. The van der Waals surface area contributed by atoms with Crippen LogP contribution in [0.25, 0.3) is 0 Å².